The summed E-state index contributed by atoms with van der Waals surface area (Å²) >= 11 is 2.70. The van der Waals surface area contributed by atoms with Crippen LogP contribution in [0.25, 0.3) is 10.2 Å². The van der Waals surface area contributed by atoms with Gasteiger partial charge >= 0.3 is 0 Å². The van der Waals surface area contributed by atoms with Crippen LogP contribution in [0.3, 0.4) is 0 Å². The average molecular weight is 227 g/mol. The summed E-state index contributed by atoms with van der Waals surface area (Å²) < 4.78 is 1.88. The predicted octanol–water partition coefficient (Wildman–Crippen LogP) is 1.70. The summed E-state index contributed by atoms with van der Waals surface area (Å²) in [5.41, 5.74) is 0.153. The van der Waals surface area contributed by atoms with Crippen molar-refractivity contribution in [1.29, 1.82) is 0 Å². The summed E-state index contributed by atoms with van der Waals surface area (Å²) in [5, 5.41) is 17.9. The Hall–Kier alpha value is -0.620. The lowest BCUT2D eigenvalue weighted by atomic mass is 10.3. The number of thiazole rings is 1. The van der Waals surface area contributed by atoms with E-state index >= 15 is 0 Å². The minimum atomic E-state index is -0.782. The number of aliphatic hydroxyl groups excluding tert-OH is 2. The Balaban J connectivity index is 2.27. The van der Waals surface area contributed by atoms with Crippen molar-refractivity contribution in [1.82, 2.24) is 4.98 Å². The van der Waals surface area contributed by atoms with Crippen LogP contribution < -0.4 is 0 Å². The van der Waals surface area contributed by atoms with E-state index in [1.807, 2.05) is 24.3 Å². The van der Waals surface area contributed by atoms with Crippen molar-refractivity contribution in [3.05, 3.63) is 24.3 Å². The Morgan fingerprint density at radius 3 is 2.93 bits per heavy atom. The number of fused-ring (bicyclic) bond motifs is 1. The third-order valence-corrected chi connectivity index (χ3v) is 3.75. The van der Waals surface area contributed by atoms with Gasteiger partial charge < -0.3 is 10.2 Å². The first-order valence-corrected chi connectivity index (χ1v) is 5.80. The quantitative estimate of drug-likeness (QED) is 0.619. The monoisotopic (exact) mass is 227 g/mol. The zero-order valence-corrected chi connectivity index (χ0v) is 8.88. The van der Waals surface area contributed by atoms with Gasteiger partial charge in [-0.25, -0.2) is 4.98 Å². The number of para-hydroxylation sites is 1. The van der Waals surface area contributed by atoms with Gasteiger partial charge in [0.05, 0.1) is 16.8 Å². The Labute approximate surface area is 89.4 Å². The van der Waals surface area contributed by atoms with E-state index in [2.05, 4.69) is 4.98 Å². The molecule has 0 spiro atoms. The molecule has 0 saturated carbocycles. The fourth-order valence-electron chi connectivity index (χ4n) is 1.06. The first kappa shape index (κ1) is 9.92. The molecule has 0 aliphatic carbocycles. The van der Waals surface area contributed by atoms with Crippen molar-refractivity contribution in [2.24, 2.45) is 0 Å². The van der Waals surface area contributed by atoms with Crippen LogP contribution in [0.2, 0.25) is 0 Å². The van der Waals surface area contributed by atoms with E-state index < -0.39 is 5.44 Å². The van der Waals surface area contributed by atoms with Crippen LogP contribution in [0.15, 0.2) is 28.6 Å². The zero-order chi connectivity index (χ0) is 9.97. The highest BCUT2D eigenvalue weighted by Crippen LogP contribution is 2.30. The minimum Gasteiger partial charge on any atom is -0.393 e. The van der Waals surface area contributed by atoms with Crippen molar-refractivity contribution >= 4 is 33.3 Å². The molecule has 74 valence electrons. The molecule has 1 unspecified atom stereocenters. The molecule has 0 fully saturated rings. The predicted molar refractivity (Wildman–Crippen MR) is 58.6 cm³/mol. The molecule has 1 heterocycles. The Bertz CT molecular complexity index is 396. The molecule has 0 radical (unpaired) electrons. The second kappa shape index (κ2) is 4.27. The fourth-order valence-corrected chi connectivity index (χ4v) is 3.01. The Kier molecular flexibility index (Phi) is 3.02. The molecule has 0 saturated heterocycles. The van der Waals surface area contributed by atoms with Gasteiger partial charge in [-0.15, -0.1) is 11.3 Å². The number of thioether (sulfide) groups is 1. The van der Waals surface area contributed by atoms with Crippen molar-refractivity contribution in [3.8, 4) is 0 Å². The second-order valence-corrected chi connectivity index (χ2v) is 5.16. The lowest BCUT2D eigenvalue weighted by Crippen LogP contribution is -2.05. The van der Waals surface area contributed by atoms with E-state index in [-0.39, 0.29) is 6.61 Å². The SMILES string of the molecule is OCC(O)Sc1nc2ccccc2s1. The number of hydrogen-bond donors (Lipinski definition) is 2. The molecule has 1 atom stereocenters. The molecule has 14 heavy (non-hydrogen) atoms. The van der Waals surface area contributed by atoms with Gasteiger partial charge in [0, 0.05) is 0 Å². The van der Waals surface area contributed by atoms with Crippen molar-refractivity contribution in [2.75, 3.05) is 6.61 Å². The molecule has 3 nitrogen and oxygen atoms in total. The van der Waals surface area contributed by atoms with Crippen LogP contribution >= 0.6 is 23.1 Å². The Morgan fingerprint density at radius 1 is 1.43 bits per heavy atom. The molecule has 0 aliphatic rings. The average Bonchev–Trinajstić information content (AvgIpc) is 2.59. The summed E-state index contributed by atoms with van der Waals surface area (Å²) in [6, 6.07) is 7.81. The summed E-state index contributed by atoms with van der Waals surface area (Å²) in [6.07, 6.45) is 0. The zero-order valence-electron chi connectivity index (χ0n) is 7.25. The number of rotatable bonds is 3. The lowest BCUT2D eigenvalue weighted by Gasteiger charge is -2.01. The van der Waals surface area contributed by atoms with E-state index in [0.717, 1.165) is 14.6 Å². The van der Waals surface area contributed by atoms with Gasteiger partial charge in [0.2, 0.25) is 0 Å². The van der Waals surface area contributed by atoms with Crippen LogP contribution in [0.1, 0.15) is 0 Å². The number of aromatic nitrogens is 1. The molecule has 0 amide bonds. The van der Waals surface area contributed by atoms with Crippen molar-refractivity contribution in [2.45, 2.75) is 9.78 Å². The Morgan fingerprint density at radius 2 is 2.21 bits per heavy atom. The molecular formula is C9H9NO2S2. The summed E-state index contributed by atoms with van der Waals surface area (Å²) in [4.78, 5) is 4.31. The molecule has 0 bridgehead atoms. The number of benzene rings is 1. The van der Waals surface area contributed by atoms with Crippen molar-refractivity contribution < 1.29 is 10.2 Å². The number of aliphatic hydroxyl groups is 2. The summed E-state index contributed by atoms with van der Waals surface area (Å²) in [6.45, 7) is -0.249. The molecule has 5 heteroatoms. The molecule has 2 rings (SSSR count). The largest absolute Gasteiger partial charge is 0.393 e. The molecule has 1 aromatic heterocycles. The van der Waals surface area contributed by atoms with E-state index in [0.29, 0.717) is 0 Å². The molecular weight excluding hydrogens is 218 g/mol. The number of hydrogen-bond acceptors (Lipinski definition) is 5. The van der Waals surface area contributed by atoms with Crippen LogP contribution in [-0.4, -0.2) is 27.2 Å². The van der Waals surface area contributed by atoms with E-state index in [9.17, 15) is 5.11 Å². The summed E-state index contributed by atoms with van der Waals surface area (Å²) in [7, 11) is 0. The van der Waals surface area contributed by atoms with Crippen LogP contribution in [-0.2, 0) is 0 Å². The van der Waals surface area contributed by atoms with E-state index in [1.165, 1.54) is 23.1 Å². The smallest absolute Gasteiger partial charge is 0.153 e. The van der Waals surface area contributed by atoms with Gasteiger partial charge in [-0.1, -0.05) is 23.9 Å². The van der Waals surface area contributed by atoms with Crippen LogP contribution in [0, 0.1) is 0 Å². The normalized spacial score (nSPS) is 13.3. The van der Waals surface area contributed by atoms with Gasteiger partial charge in [-0.2, -0.15) is 0 Å². The third kappa shape index (κ3) is 2.06. The first-order chi connectivity index (χ1) is 6.79. The minimum absolute atomic E-state index is 0.249. The highest BCUT2D eigenvalue weighted by atomic mass is 32.2. The van der Waals surface area contributed by atoms with E-state index in [4.69, 9.17) is 5.11 Å². The van der Waals surface area contributed by atoms with Gasteiger partial charge in [0.25, 0.3) is 0 Å². The standard InChI is InChI=1S/C9H9NO2S2/c11-5-8(12)14-9-10-6-3-1-2-4-7(6)13-9/h1-4,8,11-12H,5H2. The topological polar surface area (TPSA) is 53.4 Å². The first-order valence-electron chi connectivity index (χ1n) is 4.11. The third-order valence-electron chi connectivity index (χ3n) is 1.67. The maximum absolute atomic E-state index is 9.22. The second-order valence-electron chi connectivity index (χ2n) is 2.70. The van der Waals surface area contributed by atoms with E-state index in [1.54, 1.807) is 0 Å². The molecule has 2 N–H and O–H groups in total. The lowest BCUT2D eigenvalue weighted by molar-refractivity contribution is 0.160. The maximum Gasteiger partial charge on any atom is 0.153 e. The van der Waals surface area contributed by atoms with Gasteiger partial charge in [-0.3, -0.25) is 0 Å². The van der Waals surface area contributed by atoms with Gasteiger partial charge in [0.15, 0.2) is 4.34 Å². The maximum atomic E-state index is 9.22. The fraction of sp³-hybridized carbons (Fsp3) is 0.222. The number of nitrogens with zero attached hydrogens (tertiary/aromatic N) is 1. The molecule has 2 aromatic rings. The highest BCUT2D eigenvalue weighted by Gasteiger charge is 2.08. The summed E-state index contributed by atoms with van der Waals surface area (Å²) in [5.74, 6) is 0. The van der Waals surface area contributed by atoms with Crippen LogP contribution in [0.4, 0.5) is 0 Å². The molecule has 1 aromatic carbocycles. The van der Waals surface area contributed by atoms with Crippen molar-refractivity contribution in [3.63, 3.8) is 0 Å². The van der Waals surface area contributed by atoms with Gasteiger partial charge in [0.1, 0.15) is 5.44 Å². The highest BCUT2D eigenvalue weighted by molar-refractivity contribution is 8.01. The van der Waals surface area contributed by atoms with Gasteiger partial charge in [-0.05, 0) is 12.1 Å². The molecule has 0 aliphatic heterocycles. The van der Waals surface area contributed by atoms with Crippen LogP contribution in [0.5, 0.6) is 0 Å².